The highest BCUT2D eigenvalue weighted by atomic mass is 16.5. The quantitative estimate of drug-likeness (QED) is 0.525. The van der Waals surface area contributed by atoms with Crippen molar-refractivity contribution in [1.82, 2.24) is 0 Å². The molecule has 2 aromatic rings. The van der Waals surface area contributed by atoms with Crippen LogP contribution < -0.4 is 10.1 Å². The van der Waals surface area contributed by atoms with E-state index in [0.29, 0.717) is 23.6 Å². The van der Waals surface area contributed by atoms with E-state index >= 15 is 0 Å². The maximum Gasteiger partial charge on any atom is 0.306 e. The van der Waals surface area contributed by atoms with Crippen molar-refractivity contribution in [2.24, 2.45) is 0 Å². The zero-order chi connectivity index (χ0) is 20.5. The van der Waals surface area contributed by atoms with Gasteiger partial charge in [0.15, 0.2) is 12.4 Å². The Hall–Kier alpha value is -3.15. The fourth-order valence-corrected chi connectivity index (χ4v) is 2.64. The van der Waals surface area contributed by atoms with E-state index in [4.69, 9.17) is 9.47 Å². The normalized spacial score (nSPS) is 10.2. The average molecular weight is 383 g/mol. The number of nitrogens with one attached hydrogen (secondary N) is 1. The number of Topliss-reactive ketones (excluding diaryl/α,β-unsaturated/α-hetero) is 1. The first-order valence-electron chi connectivity index (χ1n) is 9.18. The lowest BCUT2D eigenvalue weighted by Crippen LogP contribution is -2.21. The van der Waals surface area contributed by atoms with Crippen molar-refractivity contribution in [1.29, 1.82) is 0 Å². The van der Waals surface area contributed by atoms with Crippen LogP contribution in [0, 0.1) is 13.8 Å². The van der Waals surface area contributed by atoms with Crippen molar-refractivity contribution < 1.29 is 23.9 Å². The predicted molar refractivity (Wildman–Crippen MR) is 107 cm³/mol. The van der Waals surface area contributed by atoms with Gasteiger partial charge in [-0.25, -0.2) is 0 Å². The highest BCUT2D eigenvalue weighted by molar-refractivity contribution is 5.99. The van der Waals surface area contributed by atoms with E-state index < -0.39 is 18.5 Å². The number of amides is 1. The largest absolute Gasteiger partial charge is 0.492 e. The van der Waals surface area contributed by atoms with Crippen LogP contribution >= 0.6 is 0 Å². The zero-order valence-electron chi connectivity index (χ0n) is 16.4. The first kappa shape index (κ1) is 21.2. The molecule has 0 aromatic heterocycles. The number of hydrogen-bond acceptors (Lipinski definition) is 5. The molecule has 2 aromatic carbocycles. The summed E-state index contributed by atoms with van der Waals surface area (Å²) in [6.45, 7) is 5.66. The van der Waals surface area contributed by atoms with E-state index in [1.807, 2.05) is 39.0 Å². The van der Waals surface area contributed by atoms with E-state index in [0.717, 1.165) is 11.1 Å². The Balaban J connectivity index is 1.80. The van der Waals surface area contributed by atoms with Gasteiger partial charge < -0.3 is 14.8 Å². The van der Waals surface area contributed by atoms with Crippen LogP contribution in [0.4, 0.5) is 5.69 Å². The molecule has 0 aliphatic heterocycles. The lowest BCUT2D eigenvalue weighted by molar-refractivity contribution is -0.147. The molecule has 0 bridgehead atoms. The molecule has 0 spiro atoms. The molecule has 0 radical (unpaired) electrons. The Morgan fingerprint density at radius 3 is 2.50 bits per heavy atom. The van der Waals surface area contributed by atoms with E-state index in [2.05, 4.69) is 5.32 Å². The van der Waals surface area contributed by atoms with Crippen LogP contribution in [-0.2, 0) is 14.3 Å². The number of anilines is 1. The molecule has 1 amide bonds. The third-order valence-electron chi connectivity index (χ3n) is 4.07. The number of aryl methyl sites for hydroxylation is 2. The third kappa shape index (κ3) is 6.23. The first-order chi connectivity index (χ1) is 13.4. The van der Waals surface area contributed by atoms with Crippen LogP contribution in [0.3, 0.4) is 0 Å². The summed E-state index contributed by atoms with van der Waals surface area (Å²) in [4.78, 5) is 36.2. The Kier molecular flexibility index (Phi) is 7.75. The van der Waals surface area contributed by atoms with Crippen molar-refractivity contribution in [3.63, 3.8) is 0 Å². The molecule has 0 aliphatic carbocycles. The topological polar surface area (TPSA) is 81.7 Å². The molecule has 0 fully saturated rings. The van der Waals surface area contributed by atoms with Gasteiger partial charge in [-0.05, 0) is 44.5 Å². The Morgan fingerprint density at radius 2 is 1.75 bits per heavy atom. The lowest BCUT2D eigenvalue weighted by Gasteiger charge is -2.11. The molecule has 0 heterocycles. The smallest absolute Gasteiger partial charge is 0.306 e. The summed E-state index contributed by atoms with van der Waals surface area (Å²) in [5.74, 6) is -0.634. The molecule has 0 saturated carbocycles. The maximum atomic E-state index is 12.3. The minimum atomic E-state index is -0.591. The first-order valence-corrected chi connectivity index (χ1v) is 9.18. The highest BCUT2D eigenvalue weighted by Crippen LogP contribution is 2.23. The van der Waals surface area contributed by atoms with Crippen molar-refractivity contribution >= 4 is 23.3 Å². The summed E-state index contributed by atoms with van der Waals surface area (Å²) in [7, 11) is 0. The second-order valence-electron chi connectivity index (χ2n) is 6.38. The van der Waals surface area contributed by atoms with Crippen molar-refractivity contribution in [2.75, 3.05) is 18.5 Å². The van der Waals surface area contributed by atoms with Crippen LogP contribution in [0.25, 0.3) is 0 Å². The number of hydrogen-bond donors (Lipinski definition) is 1. The second kappa shape index (κ2) is 10.3. The number of benzene rings is 2. The molecule has 0 atom stereocenters. The molecule has 6 nitrogen and oxygen atoms in total. The number of ketones is 1. The predicted octanol–water partition coefficient (Wildman–Crippen LogP) is 3.85. The van der Waals surface area contributed by atoms with Crippen molar-refractivity contribution in [3.05, 3.63) is 59.2 Å². The fraction of sp³-hybridized carbons (Fsp3) is 0.318. The van der Waals surface area contributed by atoms with Crippen molar-refractivity contribution in [2.45, 2.75) is 33.6 Å². The molecule has 1 N–H and O–H groups in total. The van der Waals surface area contributed by atoms with Gasteiger partial charge in [0.25, 0.3) is 5.91 Å². The van der Waals surface area contributed by atoms with Crippen LogP contribution in [0.1, 0.15) is 41.3 Å². The fourth-order valence-electron chi connectivity index (χ4n) is 2.64. The Morgan fingerprint density at radius 1 is 1.00 bits per heavy atom. The van der Waals surface area contributed by atoms with Gasteiger partial charge >= 0.3 is 5.97 Å². The summed E-state index contributed by atoms with van der Waals surface area (Å²) in [5, 5.41) is 2.65. The lowest BCUT2D eigenvalue weighted by atomic mass is 9.99. The summed E-state index contributed by atoms with van der Waals surface area (Å²) < 4.78 is 10.4. The molecule has 28 heavy (non-hydrogen) atoms. The Labute approximate surface area is 164 Å². The van der Waals surface area contributed by atoms with Gasteiger partial charge in [-0.2, -0.15) is 0 Å². The van der Waals surface area contributed by atoms with E-state index in [-0.39, 0.29) is 18.6 Å². The van der Waals surface area contributed by atoms with Gasteiger partial charge in [0.2, 0.25) is 0 Å². The molecular weight excluding hydrogens is 358 g/mol. The van der Waals surface area contributed by atoms with Crippen LogP contribution in [0.5, 0.6) is 5.75 Å². The van der Waals surface area contributed by atoms with E-state index in [1.54, 1.807) is 24.3 Å². The Bertz CT molecular complexity index is 860. The number of carbonyl (C=O) groups excluding carboxylic acids is 3. The number of ether oxygens (including phenoxy) is 2. The van der Waals surface area contributed by atoms with Crippen LogP contribution in [0.2, 0.25) is 0 Å². The number of rotatable bonds is 9. The van der Waals surface area contributed by atoms with E-state index in [9.17, 15) is 14.4 Å². The summed E-state index contributed by atoms with van der Waals surface area (Å²) in [6, 6.07) is 12.6. The molecule has 2 rings (SSSR count). The monoisotopic (exact) mass is 383 g/mol. The minimum Gasteiger partial charge on any atom is -0.492 e. The van der Waals surface area contributed by atoms with Gasteiger partial charge in [-0.1, -0.05) is 29.8 Å². The van der Waals surface area contributed by atoms with Gasteiger partial charge in [-0.15, -0.1) is 0 Å². The number of esters is 1. The van der Waals surface area contributed by atoms with E-state index in [1.165, 1.54) is 0 Å². The third-order valence-corrected chi connectivity index (χ3v) is 4.07. The SMILES string of the molecule is CCOc1ccccc1NC(=O)COC(=O)CCC(=O)c1cc(C)ccc1C. The molecular formula is C22H25NO5. The minimum absolute atomic E-state index is 0.0396. The second-order valence-corrected chi connectivity index (χ2v) is 6.38. The summed E-state index contributed by atoms with van der Waals surface area (Å²) >= 11 is 0. The van der Waals surface area contributed by atoms with Gasteiger partial charge in [0, 0.05) is 12.0 Å². The standard InChI is InChI=1S/C22H25NO5/c1-4-27-20-8-6-5-7-18(20)23-21(25)14-28-22(26)12-11-19(24)17-13-15(2)9-10-16(17)3/h5-10,13H,4,11-12,14H2,1-3H3,(H,23,25). The average Bonchev–Trinajstić information content (AvgIpc) is 2.68. The zero-order valence-corrected chi connectivity index (χ0v) is 16.4. The van der Waals surface area contributed by atoms with Gasteiger partial charge in [-0.3, -0.25) is 14.4 Å². The molecule has 6 heteroatoms. The van der Waals surface area contributed by atoms with Crippen LogP contribution in [-0.4, -0.2) is 30.9 Å². The molecule has 0 aliphatic rings. The van der Waals surface area contributed by atoms with Gasteiger partial charge in [0.1, 0.15) is 5.75 Å². The molecule has 148 valence electrons. The summed E-state index contributed by atoms with van der Waals surface area (Å²) in [5.41, 5.74) is 2.98. The van der Waals surface area contributed by atoms with Crippen LogP contribution in [0.15, 0.2) is 42.5 Å². The molecule has 0 unspecified atom stereocenters. The highest BCUT2D eigenvalue weighted by Gasteiger charge is 2.14. The number of carbonyl (C=O) groups is 3. The van der Waals surface area contributed by atoms with Crippen molar-refractivity contribution in [3.8, 4) is 5.75 Å². The number of para-hydroxylation sites is 2. The maximum absolute atomic E-state index is 12.3. The molecule has 0 saturated heterocycles. The summed E-state index contributed by atoms with van der Waals surface area (Å²) in [6.07, 6.45) is -0.0348. The van der Waals surface area contributed by atoms with Gasteiger partial charge in [0.05, 0.1) is 18.7 Å².